The molecule has 1 heterocycles. The van der Waals surface area contributed by atoms with E-state index in [0.29, 0.717) is 0 Å². The Balaban J connectivity index is 0.000000399. The fourth-order valence-electron chi connectivity index (χ4n) is 2.16. The molecule has 0 atom stereocenters. The molecule has 130 valence electrons. The summed E-state index contributed by atoms with van der Waals surface area (Å²) < 4.78 is 34.0. The van der Waals surface area contributed by atoms with E-state index in [1.165, 1.54) is 32.0 Å². The third-order valence-electron chi connectivity index (χ3n) is 3.39. The second kappa shape index (κ2) is 8.49. The molecule has 0 unspecified atom stereocenters. The molecule has 0 saturated carbocycles. The van der Waals surface area contributed by atoms with Crippen molar-refractivity contribution < 1.29 is 28.9 Å². The normalized spacial score (nSPS) is 10.8. The molecule has 0 bridgehead atoms. The molecule has 0 spiro atoms. The summed E-state index contributed by atoms with van der Waals surface area (Å²) >= 11 is 1.84. The fraction of sp³-hybridized carbons (Fsp3) is 0.105. The molecule has 0 aliphatic heterocycles. The molecule has 3 rings (SSSR count). The van der Waals surface area contributed by atoms with Crippen molar-refractivity contribution in [3.05, 3.63) is 77.9 Å². The van der Waals surface area contributed by atoms with Crippen molar-refractivity contribution in [3.63, 3.8) is 0 Å². The topological polar surface area (TPSA) is 92.2 Å². The molecule has 1 aromatic heterocycles. The van der Waals surface area contributed by atoms with Gasteiger partial charge in [-0.15, -0.1) is 10.2 Å². The largest absolute Gasteiger partial charge is 0.238 e. The monoisotopic (exact) mass is 376 g/mol. The maximum Gasteiger partial charge on any atom is 0.238 e. The molecule has 4 nitrogen and oxygen atoms in total. The summed E-state index contributed by atoms with van der Waals surface area (Å²) in [6.45, 7) is 4.24. The Morgan fingerprint density at radius 3 is 1.24 bits per heavy atom. The third-order valence-corrected chi connectivity index (χ3v) is 4.57. The molecule has 0 amide bonds. The van der Waals surface area contributed by atoms with Gasteiger partial charge in [-0.2, -0.15) is 0 Å². The molecule has 3 aromatic rings. The number of hydrogen-bond donors (Lipinski definition) is 0. The van der Waals surface area contributed by atoms with Gasteiger partial charge in [0.15, 0.2) is 0 Å². The lowest BCUT2D eigenvalue weighted by molar-refractivity contribution is -2.00. The highest BCUT2D eigenvalue weighted by atomic mass is 35.7. The van der Waals surface area contributed by atoms with Crippen LogP contribution in [-0.4, -0.2) is 0 Å². The predicted molar refractivity (Wildman–Crippen MR) is 89.1 cm³/mol. The summed E-state index contributed by atoms with van der Waals surface area (Å²) in [5.74, 6) is 0. The first kappa shape index (κ1) is 19.5. The van der Waals surface area contributed by atoms with Gasteiger partial charge >= 0.3 is 0 Å². The van der Waals surface area contributed by atoms with E-state index in [0.717, 1.165) is 0 Å². The molecule has 0 radical (unpaired) electrons. The zero-order valence-corrected chi connectivity index (χ0v) is 15.3. The van der Waals surface area contributed by atoms with Crippen molar-refractivity contribution in [2.45, 2.75) is 13.8 Å². The van der Waals surface area contributed by atoms with Crippen molar-refractivity contribution >= 4 is 11.3 Å². The van der Waals surface area contributed by atoms with E-state index < -0.39 is 10.2 Å². The molecule has 0 N–H and O–H groups in total. The highest BCUT2D eigenvalue weighted by Crippen LogP contribution is 2.32. The van der Waals surface area contributed by atoms with Gasteiger partial charge in [0.1, 0.15) is 0 Å². The molecule has 0 aliphatic rings. The molecule has 0 fully saturated rings. The number of hydrogen-bond acceptors (Lipinski definition) is 4. The van der Waals surface area contributed by atoms with Crippen LogP contribution in [0.5, 0.6) is 0 Å². The zero-order chi connectivity index (χ0) is 18.4. The van der Waals surface area contributed by atoms with E-state index in [4.69, 9.17) is 18.6 Å². The minimum Gasteiger partial charge on any atom is -0.222 e. The van der Waals surface area contributed by atoms with Crippen LogP contribution in [0, 0.1) is 24.1 Å². The number of halogens is 1. The Morgan fingerprint density at radius 2 is 0.920 bits per heavy atom. The summed E-state index contributed by atoms with van der Waals surface area (Å²) in [6, 6.07) is 24.0. The van der Waals surface area contributed by atoms with E-state index in [9.17, 15) is 0 Å². The molecule has 0 saturated heterocycles. The first-order valence-electron chi connectivity index (χ1n) is 7.41. The second-order valence-corrected chi connectivity index (χ2v) is 7.31. The number of aryl methyl sites for hydroxylation is 2. The van der Waals surface area contributed by atoms with E-state index in [1.807, 2.05) is 11.3 Å². The van der Waals surface area contributed by atoms with Crippen LogP contribution in [0.25, 0.3) is 20.9 Å². The van der Waals surface area contributed by atoms with Gasteiger partial charge in [0, 0.05) is 23.3 Å². The van der Waals surface area contributed by atoms with Crippen molar-refractivity contribution in [2.75, 3.05) is 0 Å². The van der Waals surface area contributed by atoms with Crippen LogP contribution in [0.4, 0.5) is 0 Å². The summed E-state index contributed by atoms with van der Waals surface area (Å²) in [7, 11) is -4.94. The molecule has 0 aliphatic carbocycles. The average molecular weight is 377 g/mol. The van der Waals surface area contributed by atoms with Crippen LogP contribution in [-0.2, 0) is 0 Å². The Kier molecular flexibility index (Phi) is 6.61. The molecule has 25 heavy (non-hydrogen) atoms. The predicted octanol–water partition coefficient (Wildman–Crippen LogP) is 1.22. The van der Waals surface area contributed by atoms with Gasteiger partial charge in [-0.1, -0.05) is 41.5 Å². The van der Waals surface area contributed by atoms with Gasteiger partial charge in [0.2, 0.25) is 21.1 Å². The minimum absolute atomic E-state index is 1.29. The van der Waals surface area contributed by atoms with Crippen LogP contribution >= 0.6 is 11.3 Å². The number of benzene rings is 2. The lowest BCUT2D eigenvalue weighted by atomic mass is 10.1. The molecule has 6 heteroatoms. The lowest BCUT2D eigenvalue weighted by Gasteiger charge is -2.17. The van der Waals surface area contributed by atoms with Crippen molar-refractivity contribution in [2.24, 2.45) is 0 Å². The maximum absolute atomic E-state index is 8.49. The van der Waals surface area contributed by atoms with Gasteiger partial charge in [0.05, 0.1) is 0 Å². The summed E-state index contributed by atoms with van der Waals surface area (Å²) in [5.41, 5.74) is 5.17. The van der Waals surface area contributed by atoms with E-state index in [2.05, 4.69) is 80.6 Å². The van der Waals surface area contributed by atoms with Crippen molar-refractivity contribution in [1.29, 1.82) is 0 Å². The van der Waals surface area contributed by atoms with E-state index in [1.54, 1.807) is 0 Å². The quantitative estimate of drug-likeness (QED) is 0.629. The lowest BCUT2D eigenvalue weighted by Crippen LogP contribution is -2.68. The fourth-order valence-corrected chi connectivity index (χ4v) is 3.19. The molecular weight excluding hydrogens is 360 g/mol. The van der Waals surface area contributed by atoms with Crippen molar-refractivity contribution in [1.82, 2.24) is 0 Å². The Labute approximate surface area is 153 Å². The zero-order valence-electron chi connectivity index (χ0n) is 13.8. The van der Waals surface area contributed by atoms with Crippen LogP contribution in [0.2, 0.25) is 0 Å². The maximum atomic E-state index is 8.49. The SMILES string of the molecule is Cc1ccc(-c2cccc(-c3ccc(C)cc3)[s+]2)cc1.[O-][Cl+3]([O-])([O-])[O-]. The standard InChI is InChI=1S/C19H17S.ClHO4/c1-14-6-10-16(11-7-14)18-4-3-5-19(20-18)17-12-8-15(2)9-13-17;2-1(3,4)5/h3-13H,1-2H3;(H,2,3,4,5)/q+1;/p-1. The van der Waals surface area contributed by atoms with Crippen molar-refractivity contribution in [3.8, 4) is 20.9 Å². The third kappa shape index (κ3) is 6.88. The van der Waals surface area contributed by atoms with E-state index in [-0.39, 0.29) is 0 Å². The van der Waals surface area contributed by atoms with Gasteiger partial charge < -0.3 is 0 Å². The van der Waals surface area contributed by atoms with Gasteiger partial charge in [-0.25, -0.2) is 18.6 Å². The highest BCUT2D eigenvalue weighted by Gasteiger charge is 2.15. The Hall–Kier alpha value is -1.86. The summed E-state index contributed by atoms with van der Waals surface area (Å²) in [5, 5.41) is 0. The second-order valence-electron chi connectivity index (χ2n) is 5.47. The van der Waals surface area contributed by atoms with Crippen LogP contribution in [0.1, 0.15) is 11.1 Å². The van der Waals surface area contributed by atoms with Crippen LogP contribution in [0.15, 0.2) is 66.7 Å². The Morgan fingerprint density at radius 1 is 0.600 bits per heavy atom. The van der Waals surface area contributed by atoms with Crippen LogP contribution in [0.3, 0.4) is 0 Å². The molecule has 2 aromatic carbocycles. The summed E-state index contributed by atoms with van der Waals surface area (Å²) in [6.07, 6.45) is 0. The van der Waals surface area contributed by atoms with Crippen LogP contribution < -0.4 is 18.6 Å². The smallest absolute Gasteiger partial charge is 0.222 e. The van der Waals surface area contributed by atoms with Gasteiger partial charge in [-0.3, -0.25) is 0 Å². The van der Waals surface area contributed by atoms with Gasteiger partial charge in [-0.05, 0) is 38.1 Å². The summed E-state index contributed by atoms with van der Waals surface area (Å²) in [4.78, 5) is 2.62. The molecular formula is C19H17ClO4S. The highest BCUT2D eigenvalue weighted by molar-refractivity contribution is 7.18. The number of rotatable bonds is 2. The van der Waals surface area contributed by atoms with E-state index >= 15 is 0 Å². The average Bonchev–Trinajstić information content (AvgIpc) is 2.55. The van der Waals surface area contributed by atoms with Gasteiger partial charge in [0.25, 0.3) is 0 Å². The minimum atomic E-state index is -4.94. The first-order valence-corrected chi connectivity index (χ1v) is 9.46. The first-order chi connectivity index (χ1) is 11.7. The Bertz CT molecular complexity index is 745.